The highest BCUT2D eigenvalue weighted by molar-refractivity contribution is 6.30. The number of hydrogen-bond acceptors (Lipinski definition) is 3. The van der Waals surface area contributed by atoms with Crippen LogP contribution in [-0.2, 0) is 9.59 Å². The third-order valence-corrected chi connectivity index (χ3v) is 3.15. The smallest absolute Gasteiger partial charge is 0.170 e. The second-order valence-corrected chi connectivity index (χ2v) is 4.49. The molecule has 1 N–H and O–H groups in total. The van der Waals surface area contributed by atoms with Gasteiger partial charge in [-0.15, -0.1) is 0 Å². The van der Waals surface area contributed by atoms with Crippen molar-refractivity contribution in [1.82, 2.24) is 0 Å². The van der Waals surface area contributed by atoms with Crippen LogP contribution in [0.25, 0.3) is 0 Å². The number of carbonyl (C=O) groups is 2. The zero-order valence-corrected chi connectivity index (χ0v) is 9.78. The molecule has 1 aromatic carbocycles. The van der Waals surface area contributed by atoms with Crippen LogP contribution in [0, 0.1) is 0 Å². The standard InChI is InChI=1S/C13H11ClO3/c14-10-3-1-2-8(4-10)9-5-12(16)11(7-15)13(17)6-9/h1-4,7,9,15H,5-6H2. The average Bonchev–Trinajstić information content (AvgIpc) is 2.28. The van der Waals surface area contributed by atoms with Crippen LogP contribution in [0.4, 0.5) is 0 Å². The summed E-state index contributed by atoms with van der Waals surface area (Å²) in [5, 5.41) is 9.40. The fourth-order valence-corrected chi connectivity index (χ4v) is 2.23. The van der Waals surface area contributed by atoms with Crippen molar-refractivity contribution in [3.8, 4) is 0 Å². The minimum absolute atomic E-state index is 0.0942. The summed E-state index contributed by atoms with van der Waals surface area (Å²) in [5.74, 6) is -0.764. The highest BCUT2D eigenvalue weighted by Crippen LogP contribution is 2.32. The molecule has 1 aliphatic carbocycles. The second kappa shape index (κ2) is 4.72. The van der Waals surface area contributed by atoms with Gasteiger partial charge in [0.05, 0.1) is 11.8 Å². The van der Waals surface area contributed by atoms with Crippen LogP contribution in [0.2, 0.25) is 5.02 Å². The Hall–Kier alpha value is -1.61. The predicted octanol–water partition coefficient (Wildman–Crippen LogP) is 2.80. The van der Waals surface area contributed by atoms with Crippen LogP contribution < -0.4 is 0 Å². The molecule has 0 atom stereocenters. The van der Waals surface area contributed by atoms with E-state index in [-0.39, 0.29) is 35.9 Å². The van der Waals surface area contributed by atoms with E-state index < -0.39 is 0 Å². The first-order valence-electron chi connectivity index (χ1n) is 5.28. The minimum Gasteiger partial charge on any atom is -0.515 e. The monoisotopic (exact) mass is 250 g/mol. The zero-order valence-electron chi connectivity index (χ0n) is 9.02. The van der Waals surface area contributed by atoms with Gasteiger partial charge in [0.1, 0.15) is 0 Å². The Morgan fingerprint density at radius 1 is 1.24 bits per heavy atom. The van der Waals surface area contributed by atoms with Crippen molar-refractivity contribution in [2.45, 2.75) is 18.8 Å². The number of halogens is 1. The number of carbonyl (C=O) groups excluding carboxylic acids is 2. The lowest BCUT2D eigenvalue weighted by atomic mass is 9.80. The summed E-state index contributed by atoms with van der Waals surface area (Å²) in [4.78, 5) is 23.2. The number of aliphatic hydroxyl groups is 1. The van der Waals surface area contributed by atoms with Crippen LogP contribution in [0.3, 0.4) is 0 Å². The van der Waals surface area contributed by atoms with Gasteiger partial charge in [-0.2, -0.15) is 0 Å². The van der Waals surface area contributed by atoms with Crippen molar-refractivity contribution in [1.29, 1.82) is 0 Å². The molecule has 0 amide bonds. The lowest BCUT2D eigenvalue weighted by Gasteiger charge is -2.21. The third kappa shape index (κ3) is 2.39. The molecule has 1 fully saturated rings. The topological polar surface area (TPSA) is 54.4 Å². The summed E-state index contributed by atoms with van der Waals surface area (Å²) in [6, 6.07) is 7.16. The van der Waals surface area contributed by atoms with Crippen molar-refractivity contribution in [2.24, 2.45) is 0 Å². The molecule has 1 aromatic rings. The molecule has 0 bridgehead atoms. The summed E-state index contributed by atoms with van der Waals surface area (Å²) in [6.45, 7) is 0. The molecule has 1 saturated carbocycles. The van der Waals surface area contributed by atoms with Crippen molar-refractivity contribution in [2.75, 3.05) is 0 Å². The molecule has 3 nitrogen and oxygen atoms in total. The molecule has 0 spiro atoms. The first-order chi connectivity index (χ1) is 8.11. The molecule has 0 aromatic heterocycles. The Bertz CT molecular complexity index is 485. The maximum atomic E-state index is 11.6. The Morgan fingerprint density at radius 3 is 2.41 bits per heavy atom. The van der Waals surface area contributed by atoms with Crippen LogP contribution >= 0.6 is 11.6 Å². The van der Waals surface area contributed by atoms with E-state index in [9.17, 15) is 9.59 Å². The number of rotatable bonds is 1. The van der Waals surface area contributed by atoms with E-state index in [1.54, 1.807) is 18.2 Å². The molecule has 17 heavy (non-hydrogen) atoms. The normalized spacial score (nSPS) is 20.5. The van der Waals surface area contributed by atoms with Gasteiger partial charge in [-0.05, 0) is 23.6 Å². The molecule has 0 unspecified atom stereocenters. The van der Waals surface area contributed by atoms with Gasteiger partial charge in [0.15, 0.2) is 11.6 Å². The van der Waals surface area contributed by atoms with Gasteiger partial charge in [-0.25, -0.2) is 0 Å². The maximum Gasteiger partial charge on any atom is 0.170 e. The Kier molecular flexibility index (Phi) is 3.29. The quantitative estimate of drug-likeness (QED) is 0.474. The fraction of sp³-hybridized carbons (Fsp3) is 0.231. The number of benzene rings is 1. The summed E-state index contributed by atoms with van der Waals surface area (Å²) >= 11 is 5.87. The lowest BCUT2D eigenvalue weighted by molar-refractivity contribution is -0.124. The summed E-state index contributed by atoms with van der Waals surface area (Å²) < 4.78 is 0. The van der Waals surface area contributed by atoms with Crippen molar-refractivity contribution in [3.63, 3.8) is 0 Å². The maximum absolute atomic E-state index is 11.6. The van der Waals surface area contributed by atoms with Crippen LogP contribution in [0.1, 0.15) is 24.3 Å². The average molecular weight is 251 g/mol. The third-order valence-electron chi connectivity index (χ3n) is 2.91. The van der Waals surface area contributed by atoms with E-state index in [4.69, 9.17) is 16.7 Å². The van der Waals surface area contributed by atoms with Gasteiger partial charge in [0.2, 0.25) is 0 Å². The van der Waals surface area contributed by atoms with Gasteiger partial charge in [-0.3, -0.25) is 9.59 Å². The summed E-state index contributed by atoms with van der Waals surface area (Å²) in [6.07, 6.45) is 1.08. The van der Waals surface area contributed by atoms with Gasteiger partial charge < -0.3 is 5.11 Å². The van der Waals surface area contributed by atoms with Gasteiger partial charge >= 0.3 is 0 Å². The van der Waals surface area contributed by atoms with E-state index in [2.05, 4.69) is 0 Å². The van der Waals surface area contributed by atoms with E-state index >= 15 is 0 Å². The molecule has 0 radical (unpaired) electrons. The van der Waals surface area contributed by atoms with Crippen molar-refractivity contribution >= 4 is 23.2 Å². The van der Waals surface area contributed by atoms with Gasteiger partial charge in [0.25, 0.3) is 0 Å². The Labute approximate surface area is 104 Å². The van der Waals surface area contributed by atoms with Crippen LogP contribution in [-0.4, -0.2) is 16.7 Å². The molecule has 1 aliphatic rings. The number of ketones is 2. The van der Waals surface area contributed by atoms with Crippen molar-refractivity contribution < 1.29 is 14.7 Å². The van der Waals surface area contributed by atoms with Crippen molar-refractivity contribution in [3.05, 3.63) is 46.7 Å². The molecule has 4 heteroatoms. The molecule has 2 rings (SSSR count). The zero-order chi connectivity index (χ0) is 12.4. The number of Topliss-reactive ketones (excluding diaryl/α,β-unsaturated/α-hetero) is 2. The molecule has 0 saturated heterocycles. The number of allylic oxidation sites excluding steroid dienone is 1. The largest absolute Gasteiger partial charge is 0.515 e. The highest BCUT2D eigenvalue weighted by atomic mass is 35.5. The molecule has 0 aliphatic heterocycles. The lowest BCUT2D eigenvalue weighted by Crippen LogP contribution is -2.24. The molecular weight excluding hydrogens is 240 g/mol. The van der Waals surface area contributed by atoms with E-state index in [0.717, 1.165) is 5.56 Å². The van der Waals surface area contributed by atoms with E-state index in [1.807, 2.05) is 6.07 Å². The second-order valence-electron chi connectivity index (χ2n) is 4.05. The SMILES string of the molecule is O=C1CC(c2cccc(Cl)c2)CC(=O)C1=CO. The predicted molar refractivity (Wildman–Crippen MR) is 64.2 cm³/mol. The first-order valence-corrected chi connectivity index (χ1v) is 5.66. The highest BCUT2D eigenvalue weighted by Gasteiger charge is 2.31. The Balaban J connectivity index is 2.26. The minimum atomic E-state index is -0.311. The summed E-state index contributed by atoms with van der Waals surface area (Å²) in [7, 11) is 0. The number of aliphatic hydroxyl groups excluding tert-OH is 1. The Morgan fingerprint density at radius 2 is 1.88 bits per heavy atom. The van der Waals surface area contributed by atoms with E-state index in [0.29, 0.717) is 11.3 Å². The fourth-order valence-electron chi connectivity index (χ4n) is 2.04. The first kappa shape index (κ1) is 11.9. The van der Waals surface area contributed by atoms with Gasteiger partial charge in [0, 0.05) is 17.9 Å². The van der Waals surface area contributed by atoms with Gasteiger partial charge in [-0.1, -0.05) is 23.7 Å². The number of hydrogen-bond donors (Lipinski definition) is 1. The molecule has 88 valence electrons. The molecular formula is C13H11ClO3. The summed E-state index contributed by atoms with van der Waals surface area (Å²) in [5.41, 5.74) is 0.791. The van der Waals surface area contributed by atoms with Crippen LogP contribution in [0.5, 0.6) is 0 Å². The van der Waals surface area contributed by atoms with Crippen LogP contribution in [0.15, 0.2) is 36.1 Å². The molecule has 0 heterocycles. The van der Waals surface area contributed by atoms with E-state index in [1.165, 1.54) is 0 Å².